The van der Waals surface area contributed by atoms with E-state index in [9.17, 15) is 5.11 Å². The van der Waals surface area contributed by atoms with E-state index in [0.29, 0.717) is 5.75 Å². The fraction of sp³-hybridized carbons (Fsp3) is 0.312. The van der Waals surface area contributed by atoms with E-state index < -0.39 is 0 Å². The van der Waals surface area contributed by atoms with Crippen LogP contribution in [0.1, 0.15) is 29.7 Å². The van der Waals surface area contributed by atoms with Crippen molar-refractivity contribution in [3.8, 4) is 5.75 Å². The second kappa shape index (κ2) is 6.34. The third-order valence-electron chi connectivity index (χ3n) is 3.42. The Labute approximate surface area is 114 Å². The topological polar surface area (TPSA) is 45.2 Å². The van der Waals surface area contributed by atoms with Gasteiger partial charge in [0.05, 0.1) is 0 Å². The summed E-state index contributed by atoms with van der Waals surface area (Å²) in [7, 11) is 1.98. The number of pyridine rings is 1. The highest BCUT2D eigenvalue weighted by Crippen LogP contribution is 2.22. The van der Waals surface area contributed by atoms with Crippen LogP contribution in [0.5, 0.6) is 5.75 Å². The normalized spacial score (nSPS) is 12.3. The zero-order chi connectivity index (χ0) is 13.7. The molecule has 0 aliphatic rings. The summed E-state index contributed by atoms with van der Waals surface area (Å²) in [5.74, 6) is 0.308. The molecule has 0 aliphatic heterocycles. The Morgan fingerprint density at radius 2 is 1.95 bits per heavy atom. The molecule has 2 N–H and O–H groups in total. The molecule has 3 heteroatoms. The number of benzene rings is 1. The molecule has 0 aliphatic carbocycles. The molecule has 1 aromatic carbocycles. The molecule has 100 valence electrons. The van der Waals surface area contributed by atoms with Gasteiger partial charge in [-0.2, -0.15) is 0 Å². The van der Waals surface area contributed by atoms with Gasteiger partial charge in [0.1, 0.15) is 5.75 Å². The highest BCUT2D eigenvalue weighted by molar-refractivity contribution is 5.31. The van der Waals surface area contributed by atoms with E-state index in [1.165, 1.54) is 16.7 Å². The quantitative estimate of drug-likeness (QED) is 0.864. The van der Waals surface area contributed by atoms with Gasteiger partial charge in [-0.15, -0.1) is 0 Å². The van der Waals surface area contributed by atoms with Crippen molar-refractivity contribution in [1.29, 1.82) is 0 Å². The number of nitrogens with one attached hydrogen (secondary N) is 1. The lowest BCUT2D eigenvalue weighted by Crippen LogP contribution is -2.20. The predicted molar refractivity (Wildman–Crippen MR) is 77.2 cm³/mol. The minimum atomic E-state index is 0.266. The van der Waals surface area contributed by atoms with Crippen molar-refractivity contribution in [2.75, 3.05) is 7.05 Å². The molecule has 1 atom stereocenters. The summed E-state index contributed by atoms with van der Waals surface area (Å²) < 4.78 is 0. The van der Waals surface area contributed by atoms with Crippen LogP contribution in [0.2, 0.25) is 0 Å². The first-order chi connectivity index (χ1) is 9.24. The minimum Gasteiger partial charge on any atom is -0.508 e. The number of hydrogen-bond acceptors (Lipinski definition) is 3. The average molecular weight is 256 g/mol. The first-order valence-electron chi connectivity index (χ1n) is 6.62. The Morgan fingerprint density at radius 3 is 2.58 bits per heavy atom. The molecule has 0 saturated carbocycles. The van der Waals surface area contributed by atoms with Crippen LogP contribution in [-0.4, -0.2) is 17.1 Å². The summed E-state index contributed by atoms with van der Waals surface area (Å²) in [5, 5.41) is 12.7. The lowest BCUT2D eigenvalue weighted by atomic mass is 9.95. The second-order valence-electron chi connectivity index (χ2n) is 4.64. The van der Waals surface area contributed by atoms with Gasteiger partial charge in [-0.05, 0) is 54.8 Å². The molecule has 1 unspecified atom stereocenters. The number of rotatable bonds is 5. The summed E-state index contributed by atoms with van der Waals surface area (Å²) in [5.41, 5.74) is 3.78. The van der Waals surface area contributed by atoms with E-state index in [1.807, 2.05) is 31.6 Å². The fourth-order valence-corrected chi connectivity index (χ4v) is 2.31. The third kappa shape index (κ3) is 3.32. The van der Waals surface area contributed by atoms with Crippen molar-refractivity contribution in [2.45, 2.75) is 25.8 Å². The van der Waals surface area contributed by atoms with Crippen LogP contribution in [0.3, 0.4) is 0 Å². The van der Waals surface area contributed by atoms with Gasteiger partial charge in [0.25, 0.3) is 0 Å². The van der Waals surface area contributed by atoms with Gasteiger partial charge in [-0.3, -0.25) is 4.98 Å². The number of hydrogen-bond donors (Lipinski definition) is 2. The van der Waals surface area contributed by atoms with Crippen molar-refractivity contribution in [2.24, 2.45) is 0 Å². The van der Waals surface area contributed by atoms with Crippen LogP contribution in [-0.2, 0) is 12.8 Å². The molecule has 1 heterocycles. The van der Waals surface area contributed by atoms with Gasteiger partial charge in [0.2, 0.25) is 0 Å². The van der Waals surface area contributed by atoms with E-state index in [0.717, 1.165) is 12.8 Å². The Hall–Kier alpha value is -1.87. The van der Waals surface area contributed by atoms with E-state index in [2.05, 4.69) is 23.3 Å². The zero-order valence-electron chi connectivity index (χ0n) is 11.4. The molecule has 0 saturated heterocycles. The van der Waals surface area contributed by atoms with Gasteiger partial charge in [0, 0.05) is 18.4 Å². The third-order valence-corrected chi connectivity index (χ3v) is 3.42. The zero-order valence-corrected chi connectivity index (χ0v) is 11.4. The van der Waals surface area contributed by atoms with Crippen molar-refractivity contribution in [3.63, 3.8) is 0 Å². The number of phenolic OH excluding ortho intramolecular Hbond substituents is 1. The lowest BCUT2D eigenvalue weighted by Gasteiger charge is -2.19. The predicted octanol–water partition coefficient (Wildman–Crippen LogP) is 2.85. The SMILES string of the molecule is CCc1cnccc1C(Cc1ccc(O)cc1)NC. The number of likely N-dealkylation sites (N-methyl/N-ethyl adjacent to an activating group) is 1. The average Bonchev–Trinajstić information content (AvgIpc) is 2.46. The van der Waals surface area contributed by atoms with Crippen LogP contribution in [0.15, 0.2) is 42.7 Å². The molecule has 0 radical (unpaired) electrons. The van der Waals surface area contributed by atoms with Crippen LogP contribution in [0.4, 0.5) is 0 Å². The number of aromatic hydroxyl groups is 1. The fourth-order valence-electron chi connectivity index (χ4n) is 2.31. The van der Waals surface area contributed by atoms with Crippen molar-refractivity contribution in [3.05, 3.63) is 59.4 Å². The number of phenols is 1. The van der Waals surface area contributed by atoms with Crippen LogP contribution >= 0.6 is 0 Å². The largest absolute Gasteiger partial charge is 0.508 e. The summed E-state index contributed by atoms with van der Waals surface area (Å²) >= 11 is 0. The second-order valence-corrected chi connectivity index (χ2v) is 4.64. The molecule has 2 rings (SSSR count). The summed E-state index contributed by atoms with van der Waals surface area (Å²) in [6, 6.07) is 9.74. The first-order valence-corrected chi connectivity index (χ1v) is 6.62. The minimum absolute atomic E-state index is 0.266. The summed E-state index contributed by atoms with van der Waals surface area (Å²) in [6.07, 6.45) is 5.66. The number of aryl methyl sites for hydroxylation is 1. The van der Waals surface area contributed by atoms with Gasteiger partial charge in [-0.25, -0.2) is 0 Å². The molecule has 19 heavy (non-hydrogen) atoms. The maximum atomic E-state index is 9.32. The lowest BCUT2D eigenvalue weighted by molar-refractivity contribution is 0.474. The van der Waals surface area contributed by atoms with Gasteiger partial charge < -0.3 is 10.4 Å². The van der Waals surface area contributed by atoms with E-state index in [-0.39, 0.29) is 6.04 Å². The summed E-state index contributed by atoms with van der Waals surface area (Å²) in [6.45, 7) is 2.15. The maximum Gasteiger partial charge on any atom is 0.115 e. The Bertz CT molecular complexity index is 523. The van der Waals surface area contributed by atoms with Gasteiger partial charge in [-0.1, -0.05) is 19.1 Å². The molecular formula is C16H20N2O. The Balaban J connectivity index is 2.22. The number of aromatic nitrogens is 1. The summed E-state index contributed by atoms with van der Waals surface area (Å²) in [4.78, 5) is 4.19. The van der Waals surface area contributed by atoms with Crippen molar-refractivity contribution < 1.29 is 5.11 Å². The molecular weight excluding hydrogens is 236 g/mol. The molecule has 0 fully saturated rings. The molecule has 1 aromatic heterocycles. The highest BCUT2D eigenvalue weighted by Gasteiger charge is 2.13. The molecule has 2 aromatic rings. The standard InChI is InChI=1S/C16H20N2O/c1-3-13-11-18-9-8-15(13)16(17-2)10-12-4-6-14(19)7-5-12/h4-9,11,16-17,19H,3,10H2,1-2H3. The molecule has 0 amide bonds. The van der Waals surface area contributed by atoms with Crippen LogP contribution < -0.4 is 5.32 Å². The van der Waals surface area contributed by atoms with Gasteiger partial charge >= 0.3 is 0 Å². The Morgan fingerprint density at radius 1 is 1.21 bits per heavy atom. The van der Waals surface area contributed by atoms with Gasteiger partial charge in [0.15, 0.2) is 0 Å². The van der Waals surface area contributed by atoms with Crippen LogP contribution in [0.25, 0.3) is 0 Å². The van der Waals surface area contributed by atoms with Crippen LogP contribution in [0, 0.1) is 0 Å². The molecule has 0 bridgehead atoms. The maximum absolute atomic E-state index is 9.32. The molecule has 0 spiro atoms. The number of nitrogens with zero attached hydrogens (tertiary/aromatic N) is 1. The van der Waals surface area contributed by atoms with E-state index in [1.54, 1.807) is 12.1 Å². The van der Waals surface area contributed by atoms with E-state index in [4.69, 9.17) is 0 Å². The smallest absolute Gasteiger partial charge is 0.115 e. The Kier molecular flexibility index (Phi) is 4.53. The van der Waals surface area contributed by atoms with E-state index >= 15 is 0 Å². The van der Waals surface area contributed by atoms with Crippen molar-refractivity contribution >= 4 is 0 Å². The highest BCUT2D eigenvalue weighted by atomic mass is 16.3. The monoisotopic (exact) mass is 256 g/mol. The molecule has 3 nitrogen and oxygen atoms in total. The first kappa shape index (κ1) is 13.6. The van der Waals surface area contributed by atoms with Crippen molar-refractivity contribution in [1.82, 2.24) is 10.3 Å².